The number of carboxylic acids is 1. The van der Waals surface area contributed by atoms with E-state index in [0.29, 0.717) is 12.8 Å². The van der Waals surface area contributed by atoms with Gasteiger partial charge < -0.3 is 10.4 Å². The van der Waals surface area contributed by atoms with Crippen molar-refractivity contribution in [2.24, 2.45) is 5.92 Å². The van der Waals surface area contributed by atoms with Gasteiger partial charge in [0.1, 0.15) is 17.2 Å². The van der Waals surface area contributed by atoms with Crippen LogP contribution < -0.4 is 5.32 Å². The summed E-state index contributed by atoms with van der Waals surface area (Å²) < 4.78 is 27.3. The van der Waals surface area contributed by atoms with Crippen LogP contribution in [0.5, 0.6) is 0 Å². The Bertz CT molecular complexity index is 532. The Morgan fingerprint density at radius 3 is 2.57 bits per heavy atom. The molecule has 0 saturated carbocycles. The molecule has 0 saturated heterocycles. The summed E-state index contributed by atoms with van der Waals surface area (Å²) in [5, 5.41) is 11.0. The molecule has 0 aliphatic rings. The number of aliphatic carboxylic acids is 1. The molecule has 1 aromatic carbocycles. The molecular weight excluding hydrogens is 280 g/mol. The molecule has 0 fully saturated rings. The number of aryl methyl sites for hydroxylation is 1. The Kier molecular flexibility index (Phi) is 6.27. The topological polar surface area (TPSA) is 66.4 Å². The average Bonchev–Trinajstić information content (AvgIpc) is 2.41. The highest BCUT2D eigenvalue weighted by Gasteiger charge is 2.18. The Balaban J connectivity index is 2.52. The van der Waals surface area contributed by atoms with Gasteiger partial charge in [-0.2, -0.15) is 0 Å². The van der Waals surface area contributed by atoms with Crippen LogP contribution in [0.3, 0.4) is 0 Å². The van der Waals surface area contributed by atoms with Gasteiger partial charge in [0, 0.05) is 13.0 Å². The lowest BCUT2D eigenvalue weighted by molar-refractivity contribution is -0.137. The van der Waals surface area contributed by atoms with Gasteiger partial charge in [0.15, 0.2) is 0 Å². The van der Waals surface area contributed by atoms with Gasteiger partial charge in [-0.15, -0.1) is 0 Å². The maximum atomic E-state index is 13.7. The second kappa shape index (κ2) is 7.71. The normalized spacial score (nSPS) is 12.0. The first-order chi connectivity index (χ1) is 9.82. The first-order valence-corrected chi connectivity index (χ1v) is 6.77. The third-order valence-electron chi connectivity index (χ3n) is 3.28. The maximum Gasteiger partial charge on any atom is 0.303 e. The highest BCUT2D eigenvalue weighted by molar-refractivity contribution is 5.94. The van der Waals surface area contributed by atoms with E-state index in [1.54, 1.807) is 0 Å². The van der Waals surface area contributed by atoms with Crippen LogP contribution in [0.4, 0.5) is 8.78 Å². The third kappa shape index (κ3) is 5.13. The fraction of sp³-hybridized carbons (Fsp3) is 0.467. The number of carbonyl (C=O) groups excluding carboxylic acids is 1. The van der Waals surface area contributed by atoms with Crippen molar-refractivity contribution < 1.29 is 23.5 Å². The molecule has 116 valence electrons. The van der Waals surface area contributed by atoms with Crippen molar-refractivity contribution >= 4 is 11.9 Å². The molecule has 1 atom stereocenters. The summed E-state index contributed by atoms with van der Waals surface area (Å²) in [6, 6.07) is 2.33. The largest absolute Gasteiger partial charge is 0.481 e. The van der Waals surface area contributed by atoms with Gasteiger partial charge in [0.2, 0.25) is 0 Å². The van der Waals surface area contributed by atoms with Crippen LogP contribution in [0.2, 0.25) is 0 Å². The Morgan fingerprint density at radius 1 is 1.29 bits per heavy atom. The summed E-state index contributed by atoms with van der Waals surface area (Å²) in [7, 11) is 0. The molecule has 1 aromatic rings. The maximum absolute atomic E-state index is 13.7. The average molecular weight is 299 g/mol. The Labute approximate surface area is 122 Å². The highest BCUT2D eigenvalue weighted by Crippen LogP contribution is 2.16. The molecule has 0 aliphatic heterocycles. The van der Waals surface area contributed by atoms with Crippen LogP contribution in [0, 0.1) is 24.5 Å². The summed E-state index contributed by atoms with van der Waals surface area (Å²) in [5.41, 5.74) is -0.371. The predicted molar refractivity (Wildman–Crippen MR) is 74.1 cm³/mol. The molecule has 1 amide bonds. The lowest BCUT2D eigenvalue weighted by Gasteiger charge is -2.12. The summed E-state index contributed by atoms with van der Waals surface area (Å²) in [5.74, 6) is -3.30. The van der Waals surface area contributed by atoms with Crippen LogP contribution >= 0.6 is 0 Å². The Morgan fingerprint density at radius 2 is 1.95 bits per heavy atom. The van der Waals surface area contributed by atoms with E-state index in [-0.39, 0.29) is 24.4 Å². The molecule has 0 aromatic heterocycles. The highest BCUT2D eigenvalue weighted by atomic mass is 19.1. The molecule has 1 rings (SSSR count). The molecular formula is C15H19F2NO3. The van der Waals surface area contributed by atoms with Crippen molar-refractivity contribution in [2.75, 3.05) is 6.54 Å². The van der Waals surface area contributed by atoms with Gasteiger partial charge in [-0.3, -0.25) is 9.59 Å². The number of hydrogen-bond acceptors (Lipinski definition) is 2. The first-order valence-electron chi connectivity index (χ1n) is 6.77. The van der Waals surface area contributed by atoms with Crippen LogP contribution in [0.25, 0.3) is 0 Å². The molecule has 0 bridgehead atoms. The lowest BCUT2D eigenvalue weighted by atomic mass is 10.0. The van der Waals surface area contributed by atoms with Crippen LogP contribution in [0.1, 0.15) is 42.1 Å². The number of halogens is 2. The summed E-state index contributed by atoms with van der Waals surface area (Å²) in [6.07, 6.45) is 1.11. The number of carbonyl (C=O) groups is 2. The van der Waals surface area contributed by atoms with Gasteiger partial charge in [0.25, 0.3) is 5.91 Å². The van der Waals surface area contributed by atoms with E-state index in [1.807, 2.05) is 6.92 Å². The molecule has 2 N–H and O–H groups in total. The van der Waals surface area contributed by atoms with E-state index in [4.69, 9.17) is 5.11 Å². The number of carboxylic acid groups (broad SMARTS) is 1. The predicted octanol–water partition coefficient (Wildman–Crippen LogP) is 2.89. The molecule has 0 aliphatic carbocycles. The van der Waals surface area contributed by atoms with Gasteiger partial charge in [-0.05, 0) is 37.3 Å². The zero-order valence-electron chi connectivity index (χ0n) is 12.1. The fourth-order valence-electron chi connectivity index (χ4n) is 1.90. The molecule has 0 spiro atoms. The second-order valence-electron chi connectivity index (χ2n) is 5.14. The smallest absolute Gasteiger partial charge is 0.303 e. The van der Waals surface area contributed by atoms with Crippen molar-refractivity contribution in [1.82, 2.24) is 5.32 Å². The first kappa shape index (κ1) is 17.1. The van der Waals surface area contributed by atoms with E-state index in [1.165, 1.54) is 13.0 Å². The Hall–Kier alpha value is -1.98. The number of benzene rings is 1. The summed E-state index contributed by atoms with van der Waals surface area (Å²) >= 11 is 0. The van der Waals surface area contributed by atoms with E-state index < -0.39 is 29.1 Å². The van der Waals surface area contributed by atoms with E-state index in [9.17, 15) is 18.4 Å². The van der Waals surface area contributed by atoms with Gasteiger partial charge in [-0.1, -0.05) is 13.0 Å². The molecule has 0 heterocycles. The molecule has 4 nitrogen and oxygen atoms in total. The number of rotatable bonds is 7. The standard InChI is InChI=1S/C15H19F2NO3/c1-9(3-6-12(19)20)7-8-18-15(21)13-11(16)5-4-10(2)14(13)17/h4-5,9H,3,6-8H2,1-2H3,(H,18,21)(H,19,20). The van der Waals surface area contributed by atoms with Gasteiger partial charge in [0.05, 0.1) is 0 Å². The minimum atomic E-state index is -0.894. The van der Waals surface area contributed by atoms with Crippen molar-refractivity contribution in [2.45, 2.75) is 33.1 Å². The van der Waals surface area contributed by atoms with Crippen molar-refractivity contribution in [3.63, 3.8) is 0 Å². The molecule has 21 heavy (non-hydrogen) atoms. The van der Waals surface area contributed by atoms with Crippen molar-refractivity contribution in [3.8, 4) is 0 Å². The number of amides is 1. The third-order valence-corrected chi connectivity index (χ3v) is 3.28. The summed E-state index contributed by atoms with van der Waals surface area (Å²) in [4.78, 5) is 22.2. The summed E-state index contributed by atoms with van der Waals surface area (Å²) in [6.45, 7) is 3.56. The lowest BCUT2D eigenvalue weighted by Crippen LogP contribution is -2.27. The zero-order chi connectivity index (χ0) is 16.0. The zero-order valence-corrected chi connectivity index (χ0v) is 12.1. The number of hydrogen-bond donors (Lipinski definition) is 2. The van der Waals surface area contributed by atoms with Crippen LogP contribution in [0.15, 0.2) is 12.1 Å². The fourth-order valence-corrected chi connectivity index (χ4v) is 1.90. The van der Waals surface area contributed by atoms with Gasteiger partial charge >= 0.3 is 5.97 Å². The van der Waals surface area contributed by atoms with E-state index >= 15 is 0 Å². The number of nitrogens with one attached hydrogen (secondary N) is 1. The second-order valence-corrected chi connectivity index (χ2v) is 5.14. The minimum absolute atomic E-state index is 0.0657. The van der Waals surface area contributed by atoms with Gasteiger partial charge in [-0.25, -0.2) is 8.78 Å². The van der Waals surface area contributed by atoms with E-state index in [2.05, 4.69) is 5.32 Å². The molecule has 6 heteroatoms. The SMILES string of the molecule is Cc1ccc(F)c(C(=O)NCCC(C)CCC(=O)O)c1F. The van der Waals surface area contributed by atoms with Crippen molar-refractivity contribution in [1.29, 1.82) is 0 Å². The van der Waals surface area contributed by atoms with E-state index in [0.717, 1.165) is 6.07 Å². The monoisotopic (exact) mass is 299 g/mol. The molecule has 0 radical (unpaired) electrons. The van der Waals surface area contributed by atoms with Crippen LogP contribution in [-0.4, -0.2) is 23.5 Å². The quantitative estimate of drug-likeness (QED) is 0.813. The van der Waals surface area contributed by atoms with Crippen molar-refractivity contribution in [3.05, 3.63) is 34.9 Å². The molecule has 1 unspecified atom stereocenters. The van der Waals surface area contributed by atoms with Crippen LogP contribution in [-0.2, 0) is 4.79 Å². The minimum Gasteiger partial charge on any atom is -0.481 e.